The highest BCUT2D eigenvalue weighted by molar-refractivity contribution is 6.04. The second-order valence-corrected chi connectivity index (χ2v) is 7.52. The number of esters is 1. The first-order valence-corrected chi connectivity index (χ1v) is 10.2. The molecule has 5 heteroatoms. The first kappa shape index (κ1) is 21.0. The zero-order chi connectivity index (χ0) is 22.5. The summed E-state index contributed by atoms with van der Waals surface area (Å²) < 4.78 is 5.69. The van der Waals surface area contributed by atoms with Gasteiger partial charge >= 0.3 is 5.97 Å². The lowest BCUT2D eigenvalue weighted by Crippen LogP contribution is -2.17. The van der Waals surface area contributed by atoms with Gasteiger partial charge in [-0.2, -0.15) is 5.10 Å². The minimum Gasteiger partial charge on any atom is -0.422 e. The van der Waals surface area contributed by atoms with E-state index in [1.807, 2.05) is 68.4 Å². The molecule has 5 nitrogen and oxygen atoms in total. The summed E-state index contributed by atoms with van der Waals surface area (Å²) in [7, 11) is 0. The van der Waals surface area contributed by atoms with Crippen LogP contribution in [0.4, 0.5) is 0 Å². The Balaban J connectivity index is 1.62. The molecule has 0 unspecified atom stereocenters. The van der Waals surface area contributed by atoms with Gasteiger partial charge in [0.25, 0.3) is 5.91 Å². The van der Waals surface area contributed by atoms with Crippen LogP contribution in [0.15, 0.2) is 90.0 Å². The van der Waals surface area contributed by atoms with Gasteiger partial charge in [-0.15, -0.1) is 0 Å². The quantitative estimate of drug-likeness (QED) is 0.202. The highest BCUT2D eigenvalue weighted by Gasteiger charge is 2.13. The van der Waals surface area contributed by atoms with Crippen LogP contribution < -0.4 is 10.2 Å². The smallest absolute Gasteiger partial charge is 0.343 e. The number of ether oxygens (including phenoxy) is 1. The van der Waals surface area contributed by atoms with Crippen molar-refractivity contribution in [2.24, 2.45) is 5.10 Å². The Labute approximate surface area is 186 Å². The van der Waals surface area contributed by atoms with Crippen molar-refractivity contribution in [3.63, 3.8) is 0 Å². The Morgan fingerprint density at radius 2 is 1.41 bits per heavy atom. The van der Waals surface area contributed by atoms with Gasteiger partial charge in [-0.25, -0.2) is 10.2 Å². The number of hydrogen-bond acceptors (Lipinski definition) is 4. The summed E-state index contributed by atoms with van der Waals surface area (Å²) in [6.07, 6.45) is 1.51. The molecule has 1 N–H and O–H groups in total. The lowest BCUT2D eigenvalue weighted by molar-refractivity contribution is 0.0734. The number of rotatable bonds is 5. The van der Waals surface area contributed by atoms with E-state index in [-0.39, 0.29) is 5.91 Å². The van der Waals surface area contributed by atoms with E-state index in [4.69, 9.17) is 4.74 Å². The third-order valence-corrected chi connectivity index (χ3v) is 5.09. The van der Waals surface area contributed by atoms with Crippen molar-refractivity contribution in [2.45, 2.75) is 13.8 Å². The van der Waals surface area contributed by atoms with E-state index in [0.29, 0.717) is 22.4 Å². The fourth-order valence-corrected chi connectivity index (χ4v) is 3.27. The maximum absolute atomic E-state index is 12.7. The minimum absolute atomic E-state index is 0.320. The topological polar surface area (TPSA) is 67.8 Å². The van der Waals surface area contributed by atoms with Crippen LogP contribution in [0.5, 0.6) is 5.75 Å². The summed E-state index contributed by atoms with van der Waals surface area (Å²) in [5.74, 6) is -0.416. The van der Waals surface area contributed by atoms with Gasteiger partial charge in [0.1, 0.15) is 5.75 Å². The molecule has 0 bridgehead atoms. The predicted molar refractivity (Wildman–Crippen MR) is 126 cm³/mol. The van der Waals surface area contributed by atoms with Gasteiger partial charge < -0.3 is 4.74 Å². The normalized spacial score (nSPS) is 10.9. The molecule has 0 spiro atoms. The van der Waals surface area contributed by atoms with Crippen LogP contribution in [0.2, 0.25) is 0 Å². The summed E-state index contributed by atoms with van der Waals surface area (Å²) in [6, 6.07) is 25.7. The molecule has 0 saturated carbocycles. The third kappa shape index (κ3) is 4.73. The second kappa shape index (κ2) is 9.27. The Bertz CT molecular complexity index is 1310. The van der Waals surface area contributed by atoms with Crippen molar-refractivity contribution < 1.29 is 14.3 Å². The molecule has 0 aromatic heterocycles. The number of nitrogens with zero attached hydrogens (tertiary/aromatic N) is 1. The molecule has 0 atom stereocenters. The summed E-state index contributed by atoms with van der Waals surface area (Å²) in [5.41, 5.74) is 6.24. The first-order valence-electron chi connectivity index (χ1n) is 10.2. The number of fused-ring (bicyclic) bond motifs is 1. The standard InChI is InChI=1S/C27H22N2O3/c1-18-7-11-21(12-8-18)26(30)29-28-17-24-23-6-4-3-5-20(23)15-16-25(24)32-27(31)22-13-9-19(2)10-14-22/h3-17H,1-2H3,(H,29,30)/b28-17-. The zero-order valence-electron chi connectivity index (χ0n) is 17.8. The Morgan fingerprint density at radius 1 is 0.781 bits per heavy atom. The Hall–Kier alpha value is -4.25. The molecule has 0 aliphatic heterocycles. The monoisotopic (exact) mass is 422 g/mol. The minimum atomic E-state index is -0.460. The molecule has 4 rings (SSSR count). The summed E-state index contributed by atoms with van der Waals surface area (Å²) >= 11 is 0. The maximum atomic E-state index is 12.7. The van der Waals surface area contributed by atoms with Crippen LogP contribution in [-0.2, 0) is 0 Å². The average Bonchev–Trinajstić information content (AvgIpc) is 2.81. The highest BCUT2D eigenvalue weighted by atomic mass is 16.5. The molecule has 158 valence electrons. The molecule has 0 fully saturated rings. The highest BCUT2D eigenvalue weighted by Crippen LogP contribution is 2.27. The van der Waals surface area contributed by atoms with Crippen molar-refractivity contribution in [1.82, 2.24) is 5.43 Å². The molecular formula is C27H22N2O3. The molecule has 1 amide bonds. The van der Waals surface area contributed by atoms with Gasteiger partial charge in [0.2, 0.25) is 0 Å². The number of carbonyl (C=O) groups is 2. The molecule has 0 heterocycles. The van der Waals surface area contributed by atoms with Crippen molar-refractivity contribution in [3.8, 4) is 5.75 Å². The number of hydrogen-bond donors (Lipinski definition) is 1. The molecule has 32 heavy (non-hydrogen) atoms. The van der Waals surface area contributed by atoms with E-state index in [9.17, 15) is 9.59 Å². The molecule has 0 radical (unpaired) electrons. The molecule has 4 aromatic carbocycles. The molecule has 0 saturated heterocycles. The number of aryl methyl sites for hydroxylation is 2. The van der Waals surface area contributed by atoms with E-state index < -0.39 is 5.97 Å². The van der Waals surface area contributed by atoms with Gasteiger partial charge in [-0.05, 0) is 55.0 Å². The fraction of sp³-hybridized carbons (Fsp3) is 0.0741. The maximum Gasteiger partial charge on any atom is 0.343 e. The van der Waals surface area contributed by atoms with Crippen LogP contribution in [0.1, 0.15) is 37.4 Å². The van der Waals surface area contributed by atoms with Gasteiger partial charge in [-0.3, -0.25) is 4.79 Å². The molecule has 4 aromatic rings. The van der Waals surface area contributed by atoms with E-state index in [2.05, 4.69) is 10.5 Å². The van der Waals surface area contributed by atoms with Crippen LogP contribution in [0.25, 0.3) is 10.8 Å². The van der Waals surface area contributed by atoms with Crippen LogP contribution in [0, 0.1) is 13.8 Å². The summed E-state index contributed by atoms with van der Waals surface area (Å²) in [4.78, 5) is 25.0. The summed E-state index contributed by atoms with van der Waals surface area (Å²) in [6.45, 7) is 3.91. The number of nitrogens with one attached hydrogen (secondary N) is 1. The fourth-order valence-electron chi connectivity index (χ4n) is 3.27. The van der Waals surface area contributed by atoms with Crippen molar-refractivity contribution in [2.75, 3.05) is 0 Å². The van der Waals surface area contributed by atoms with E-state index in [1.54, 1.807) is 30.3 Å². The van der Waals surface area contributed by atoms with Crippen LogP contribution in [0.3, 0.4) is 0 Å². The van der Waals surface area contributed by atoms with E-state index >= 15 is 0 Å². The first-order chi connectivity index (χ1) is 15.5. The molecule has 0 aliphatic rings. The Kier molecular flexibility index (Phi) is 6.08. The van der Waals surface area contributed by atoms with Crippen LogP contribution in [-0.4, -0.2) is 18.1 Å². The molecular weight excluding hydrogens is 400 g/mol. The van der Waals surface area contributed by atoms with Crippen LogP contribution >= 0.6 is 0 Å². The average molecular weight is 422 g/mol. The van der Waals surface area contributed by atoms with E-state index in [0.717, 1.165) is 21.9 Å². The summed E-state index contributed by atoms with van der Waals surface area (Å²) in [5, 5.41) is 5.95. The number of amides is 1. The lowest BCUT2D eigenvalue weighted by atomic mass is 10.0. The number of hydrazone groups is 1. The third-order valence-electron chi connectivity index (χ3n) is 5.09. The van der Waals surface area contributed by atoms with Crippen molar-refractivity contribution in [3.05, 3.63) is 113 Å². The largest absolute Gasteiger partial charge is 0.422 e. The van der Waals surface area contributed by atoms with Gasteiger partial charge in [-0.1, -0.05) is 65.7 Å². The Morgan fingerprint density at radius 3 is 2.09 bits per heavy atom. The lowest BCUT2D eigenvalue weighted by Gasteiger charge is -2.11. The predicted octanol–water partition coefficient (Wildman–Crippen LogP) is 5.44. The zero-order valence-corrected chi connectivity index (χ0v) is 17.8. The van der Waals surface area contributed by atoms with Gasteiger partial charge in [0, 0.05) is 11.1 Å². The van der Waals surface area contributed by atoms with Crippen molar-refractivity contribution >= 4 is 28.9 Å². The van der Waals surface area contributed by atoms with E-state index in [1.165, 1.54) is 6.21 Å². The number of carbonyl (C=O) groups excluding carboxylic acids is 2. The van der Waals surface area contributed by atoms with Gasteiger partial charge in [0.05, 0.1) is 11.8 Å². The SMILES string of the molecule is Cc1ccc(C(=O)N/N=C\c2c(OC(=O)c3ccc(C)cc3)ccc3ccccc23)cc1. The van der Waals surface area contributed by atoms with Gasteiger partial charge in [0.15, 0.2) is 0 Å². The number of benzene rings is 4. The van der Waals surface area contributed by atoms with Crippen molar-refractivity contribution in [1.29, 1.82) is 0 Å². The second-order valence-electron chi connectivity index (χ2n) is 7.52. The molecule has 0 aliphatic carbocycles.